The Morgan fingerprint density at radius 3 is 2.50 bits per heavy atom. The van der Waals surface area contributed by atoms with E-state index in [-0.39, 0.29) is 24.9 Å². The predicted molar refractivity (Wildman–Crippen MR) is 111 cm³/mol. The van der Waals surface area contributed by atoms with Crippen LogP contribution >= 0.6 is 11.3 Å². The summed E-state index contributed by atoms with van der Waals surface area (Å²) in [6.07, 6.45) is 0.185. The van der Waals surface area contributed by atoms with E-state index in [1.807, 2.05) is 56.5 Å². The maximum Gasteiger partial charge on any atom is 0.338 e. The molecule has 0 aliphatic rings. The number of carbonyl (C=O) groups is 2. The fraction of sp³-hybridized carbons (Fsp3) is 0.227. The largest absolute Gasteiger partial charge is 0.456 e. The van der Waals surface area contributed by atoms with Gasteiger partial charge in [0.25, 0.3) is 0 Å². The Kier molecular flexibility index (Phi) is 6.21. The van der Waals surface area contributed by atoms with Gasteiger partial charge in [0.15, 0.2) is 0 Å². The highest BCUT2D eigenvalue weighted by molar-refractivity contribution is 7.09. The molecule has 3 rings (SSSR count). The van der Waals surface area contributed by atoms with Crippen molar-refractivity contribution in [3.05, 3.63) is 80.8 Å². The Labute approximate surface area is 168 Å². The second-order valence-electron chi connectivity index (χ2n) is 6.72. The van der Waals surface area contributed by atoms with Crippen LogP contribution in [0, 0.1) is 20.8 Å². The highest BCUT2D eigenvalue weighted by atomic mass is 32.1. The Balaban J connectivity index is 1.54. The summed E-state index contributed by atoms with van der Waals surface area (Å²) >= 11 is 1.38. The van der Waals surface area contributed by atoms with Gasteiger partial charge in [0.05, 0.1) is 17.7 Å². The molecule has 1 N–H and O–H groups in total. The average Bonchev–Trinajstić information content (AvgIpc) is 3.08. The molecule has 0 bridgehead atoms. The van der Waals surface area contributed by atoms with Gasteiger partial charge in [0, 0.05) is 11.1 Å². The van der Waals surface area contributed by atoms with Crippen molar-refractivity contribution < 1.29 is 14.3 Å². The fourth-order valence-corrected chi connectivity index (χ4v) is 3.63. The molecule has 1 amide bonds. The molecule has 5 nitrogen and oxygen atoms in total. The van der Waals surface area contributed by atoms with E-state index in [1.165, 1.54) is 11.3 Å². The molecular weight excluding hydrogens is 372 g/mol. The minimum atomic E-state index is -0.376. The lowest BCUT2D eigenvalue weighted by Gasteiger charge is -2.07. The second-order valence-corrected chi connectivity index (χ2v) is 7.67. The Bertz CT molecular complexity index is 990. The van der Waals surface area contributed by atoms with E-state index in [2.05, 4.69) is 10.3 Å². The topological polar surface area (TPSA) is 68.3 Å². The van der Waals surface area contributed by atoms with Gasteiger partial charge in [0.2, 0.25) is 5.91 Å². The van der Waals surface area contributed by atoms with Crippen LogP contribution in [0.1, 0.15) is 37.7 Å². The molecule has 1 heterocycles. The number of aromatic nitrogens is 1. The van der Waals surface area contributed by atoms with Gasteiger partial charge in [-0.05, 0) is 44.5 Å². The number of aryl methyl sites for hydroxylation is 3. The summed E-state index contributed by atoms with van der Waals surface area (Å²) in [5.74, 6) is -0.499. The number of esters is 1. The second kappa shape index (κ2) is 8.80. The zero-order valence-corrected chi connectivity index (χ0v) is 16.9. The molecule has 0 fully saturated rings. The number of carbonyl (C=O) groups excluding carboxylic acids is 2. The van der Waals surface area contributed by atoms with Crippen molar-refractivity contribution in [3.63, 3.8) is 0 Å². The highest BCUT2D eigenvalue weighted by Gasteiger charge is 2.12. The lowest BCUT2D eigenvalue weighted by atomic mass is 10.1. The molecule has 144 valence electrons. The number of benzene rings is 2. The van der Waals surface area contributed by atoms with Crippen molar-refractivity contribution >= 4 is 28.9 Å². The predicted octanol–water partition coefficient (Wildman–Crippen LogP) is 4.61. The maximum atomic E-state index is 12.2. The van der Waals surface area contributed by atoms with Crippen LogP contribution in [0.5, 0.6) is 0 Å². The number of hydrogen-bond acceptors (Lipinski definition) is 5. The van der Waals surface area contributed by atoms with E-state index >= 15 is 0 Å². The summed E-state index contributed by atoms with van der Waals surface area (Å²) in [6.45, 7) is 5.92. The summed E-state index contributed by atoms with van der Waals surface area (Å²) in [5.41, 5.74) is 5.01. The highest BCUT2D eigenvalue weighted by Crippen LogP contribution is 2.16. The Morgan fingerprint density at radius 1 is 1.07 bits per heavy atom. The molecule has 0 aliphatic heterocycles. The van der Waals surface area contributed by atoms with Gasteiger partial charge in [-0.15, -0.1) is 11.3 Å². The minimum absolute atomic E-state index is 0.0851. The molecular formula is C22H22N2O3S. The Hall–Kier alpha value is -2.99. The number of nitrogens with zero attached hydrogens (tertiary/aromatic N) is 1. The maximum absolute atomic E-state index is 12.2. The van der Waals surface area contributed by atoms with Gasteiger partial charge in [-0.25, -0.2) is 9.78 Å². The molecule has 0 unspecified atom stereocenters. The SMILES string of the molecule is Cc1cc(C)cc(C(=O)OCc2csc(CC(=O)Nc3ccccc3C)n2)c1. The van der Waals surface area contributed by atoms with Crippen molar-refractivity contribution in [3.8, 4) is 0 Å². The van der Waals surface area contributed by atoms with E-state index in [0.717, 1.165) is 22.4 Å². The molecule has 28 heavy (non-hydrogen) atoms. The van der Waals surface area contributed by atoms with Gasteiger partial charge in [0.1, 0.15) is 11.6 Å². The number of para-hydroxylation sites is 1. The third-order valence-corrected chi connectivity index (χ3v) is 5.04. The van der Waals surface area contributed by atoms with Crippen LogP contribution in [0.2, 0.25) is 0 Å². The van der Waals surface area contributed by atoms with Gasteiger partial charge < -0.3 is 10.1 Å². The first-order valence-electron chi connectivity index (χ1n) is 8.95. The summed E-state index contributed by atoms with van der Waals surface area (Å²) in [5, 5.41) is 5.39. The summed E-state index contributed by atoms with van der Waals surface area (Å²) < 4.78 is 5.36. The van der Waals surface area contributed by atoms with Crippen molar-refractivity contribution in [1.29, 1.82) is 0 Å². The minimum Gasteiger partial charge on any atom is -0.456 e. The molecule has 3 aromatic rings. The summed E-state index contributed by atoms with van der Waals surface area (Å²) in [7, 11) is 0. The van der Waals surface area contributed by atoms with Crippen LogP contribution in [0.15, 0.2) is 47.8 Å². The van der Waals surface area contributed by atoms with Gasteiger partial charge in [-0.2, -0.15) is 0 Å². The number of thiazole rings is 1. The number of ether oxygens (including phenoxy) is 1. The molecule has 0 aliphatic carbocycles. The van der Waals surface area contributed by atoms with Crippen LogP contribution in [0.25, 0.3) is 0 Å². The molecule has 0 radical (unpaired) electrons. The Morgan fingerprint density at radius 2 is 1.79 bits per heavy atom. The molecule has 0 atom stereocenters. The van der Waals surface area contributed by atoms with E-state index in [1.54, 1.807) is 12.1 Å². The molecule has 0 saturated carbocycles. The zero-order valence-electron chi connectivity index (χ0n) is 16.1. The van der Waals surface area contributed by atoms with Crippen LogP contribution < -0.4 is 5.32 Å². The first-order valence-corrected chi connectivity index (χ1v) is 9.83. The first kappa shape index (κ1) is 19.8. The van der Waals surface area contributed by atoms with Crippen LogP contribution in [-0.4, -0.2) is 16.9 Å². The quantitative estimate of drug-likeness (QED) is 0.620. The smallest absolute Gasteiger partial charge is 0.338 e. The third-order valence-electron chi connectivity index (χ3n) is 4.14. The molecule has 0 spiro atoms. The fourth-order valence-electron chi connectivity index (χ4n) is 2.86. The summed E-state index contributed by atoms with van der Waals surface area (Å²) in [6, 6.07) is 13.2. The van der Waals surface area contributed by atoms with Gasteiger partial charge in [-0.1, -0.05) is 35.4 Å². The molecule has 0 saturated heterocycles. The first-order chi connectivity index (χ1) is 13.4. The van der Waals surface area contributed by atoms with Gasteiger partial charge >= 0.3 is 5.97 Å². The number of anilines is 1. The van der Waals surface area contributed by atoms with Crippen molar-refractivity contribution in [2.75, 3.05) is 5.32 Å². The number of rotatable bonds is 6. The van der Waals surface area contributed by atoms with Crippen LogP contribution in [0.3, 0.4) is 0 Å². The standard InChI is InChI=1S/C22H22N2O3S/c1-14-8-15(2)10-17(9-14)22(26)27-12-18-13-28-21(23-18)11-20(25)24-19-7-5-4-6-16(19)3/h4-10,13H,11-12H2,1-3H3,(H,24,25). The van der Waals surface area contributed by atoms with Crippen LogP contribution in [-0.2, 0) is 22.6 Å². The van der Waals surface area contributed by atoms with E-state index in [9.17, 15) is 9.59 Å². The van der Waals surface area contributed by atoms with E-state index in [0.29, 0.717) is 16.3 Å². The van der Waals surface area contributed by atoms with Crippen LogP contribution in [0.4, 0.5) is 5.69 Å². The molecule has 6 heteroatoms. The van der Waals surface area contributed by atoms with Gasteiger partial charge in [-0.3, -0.25) is 4.79 Å². The lowest BCUT2D eigenvalue weighted by Crippen LogP contribution is -2.15. The third kappa shape index (κ3) is 5.27. The lowest BCUT2D eigenvalue weighted by molar-refractivity contribution is -0.115. The van der Waals surface area contributed by atoms with E-state index in [4.69, 9.17) is 4.74 Å². The normalized spacial score (nSPS) is 10.5. The van der Waals surface area contributed by atoms with Crippen molar-refractivity contribution in [1.82, 2.24) is 4.98 Å². The van der Waals surface area contributed by atoms with Crippen molar-refractivity contribution in [2.45, 2.75) is 33.8 Å². The number of hydrogen-bond donors (Lipinski definition) is 1. The molecule has 1 aromatic heterocycles. The zero-order chi connectivity index (χ0) is 20.1. The monoisotopic (exact) mass is 394 g/mol. The molecule has 2 aromatic carbocycles. The number of amides is 1. The summed E-state index contributed by atoms with van der Waals surface area (Å²) in [4.78, 5) is 28.9. The van der Waals surface area contributed by atoms with E-state index < -0.39 is 0 Å². The average molecular weight is 394 g/mol. The number of nitrogens with one attached hydrogen (secondary N) is 1. The van der Waals surface area contributed by atoms with Crippen molar-refractivity contribution in [2.24, 2.45) is 0 Å².